The molecule has 1 aliphatic heterocycles. The molecule has 7 heteroatoms. The predicted octanol–water partition coefficient (Wildman–Crippen LogP) is 3.32. The molecule has 6 nitrogen and oxygen atoms in total. The van der Waals surface area contributed by atoms with Gasteiger partial charge in [0, 0.05) is 15.8 Å². The number of amides is 1. The van der Waals surface area contributed by atoms with Crippen LogP contribution in [0.15, 0.2) is 64.3 Å². The normalized spacial score (nSPS) is 13.4. The third-order valence-corrected chi connectivity index (χ3v) is 4.10. The van der Waals surface area contributed by atoms with Crippen molar-refractivity contribution in [1.82, 2.24) is 0 Å². The lowest BCUT2D eigenvalue weighted by Crippen LogP contribution is -2.20. The van der Waals surface area contributed by atoms with E-state index in [1.54, 1.807) is 55.6 Å². The summed E-state index contributed by atoms with van der Waals surface area (Å²) in [5, 5.41) is 5.76. The maximum Gasteiger partial charge on any atom is 0.346 e. The summed E-state index contributed by atoms with van der Waals surface area (Å²) in [6.45, 7) is 0.0218. The van der Waals surface area contributed by atoms with Crippen molar-refractivity contribution < 1.29 is 19.1 Å². The van der Waals surface area contributed by atoms with Gasteiger partial charge in [-0.2, -0.15) is 0 Å². The van der Waals surface area contributed by atoms with E-state index in [0.29, 0.717) is 17.1 Å². The number of hydrogen-bond donors (Lipinski definition) is 2. The Labute approximate surface area is 153 Å². The van der Waals surface area contributed by atoms with Crippen molar-refractivity contribution in [3.63, 3.8) is 0 Å². The molecule has 0 saturated heterocycles. The lowest BCUT2D eigenvalue weighted by Gasteiger charge is -2.09. The molecule has 2 N–H and O–H groups in total. The van der Waals surface area contributed by atoms with Gasteiger partial charge in [-0.15, -0.1) is 0 Å². The first-order chi connectivity index (χ1) is 12.1. The summed E-state index contributed by atoms with van der Waals surface area (Å²) >= 11 is 3.33. The van der Waals surface area contributed by atoms with Gasteiger partial charge in [0.05, 0.1) is 12.8 Å². The van der Waals surface area contributed by atoms with Gasteiger partial charge in [-0.1, -0.05) is 15.9 Å². The SMILES string of the molecule is COc1ccc(NC2=C(C(=O)Nc3ccc(Br)cc3)C(=O)OC2)cc1. The molecule has 0 spiro atoms. The molecular weight excluding hydrogens is 388 g/mol. The monoisotopic (exact) mass is 402 g/mol. The van der Waals surface area contributed by atoms with Gasteiger partial charge in [0.1, 0.15) is 17.9 Å². The van der Waals surface area contributed by atoms with E-state index in [1.165, 1.54) is 0 Å². The first kappa shape index (κ1) is 17.0. The number of halogens is 1. The summed E-state index contributed by atoms with van der Waals surface area (Å²) in [5.41, 5.74) is 1.70. The van der Waals surface area contributed by atoms with Crippen molar-refractivity contribution in [1.29, 1.82) is 0 Å². The number of benzene rings is 2. The topological polar surface area (TPSA) is 76.7 Å². The van der Waals surface area contributed by atoms with Crippen molar-refractivity contribution in [3.05, 3.63) is 64.3 Å². The highest BCUT2D eigenvalue weighted by Gasteiger charge is 2.31. The molecule has 2 aromatic rings. The zero-order chi connectivity index (χ0) is 17.8. The van der Waals surface area contributed by atoms with Crippen molar-refractivity contribution >= 4 is 39.2 Å². The van der Waals surface area contributed by atoms with Gasteiger partial charge in [-0.05, 0) is 48.5 Å². The van der Waals surface area contributed by atoms with Crippen LogP contribution in [0.1, 0.15) is 0 Å². The van der Waals surface area contributed by atoms with Gasteiger partial charge >= 0.3 is 5.97 Å². The number of carbonyl (C=O) groups is 2. The largest absolute Gasteiger partial charge is 0.497 e. The van der Waals surface area contributed by atoms with E-state index < -0.39 is 11.9 Å². The Bertz CT molecular complexity index is 829. The second-order valence-corrected chi connectivity index (χ2v) is 6.16. The molecule has 0 bridgehead atoms. The number of ether oxygens (including phenoxy) is 2. The fraction of sp³-hybridized carbons (Fsp3) is 0.111. The summed E-state index contributed by atoms with van der Waals surface area (Å²) < 4.78 is 11.0. The number of methoxy groups -OCH3 is 1. The Kier molecular flexibility index (Phi) is 5.04. The standard InChI is InChI=1S/C18H15BrN2O4/c1-24-14-8-6-12(7-9-14)20-15-10-25-18(23)16(15)17(22)21-13-4-2-11(19)3-5-13/h2-9,20H,10H2,1H3,(H,21,22). The Morgan fingerprint density at radius 3 is 2.36 bits per heavy atom. The number of carbonyl (C=O) groups excluding carboxylic acids is 2. The molecule has 0 radical (unpaired) electrons. The maximum absolute atomic E-state index is 12.5. The second-order valence-electron chi connectivity index (χ2n) is 5.24. The van der Waals surface area contributed by atoms with Gasteiger partial charge < -0.3 is 20.1 Å². The van der Waals surface area contributed by atoms with E-state index in [2.05, 4.69) is 26.6 Å². The Hall–Kier alpha value is -2.80. The van der Waals surface area contributed by atoms with Crippen molar-refractivity contribution in [2.75, 3.05) is 24.4 Å². The molecule has 0 fully saturated rings. The first-order valence-corrected chi connectivity index (χ1v) is 8.24. The van der Waals surface area contributed by atoms with Gasteiger partial charge in [0.15, 0.2) is 0 Å². The zero-order valence-corrected chi connectivity index (χ0v) is 14.9. The molecular formula is C18H15BrN2O4. The third kappa shape index (κ3) is 4.00. The minimum absolute atomic E-state index is 0.0218. The molecule has 1 heterocycles. The molecule has 2 aromatic carbocycles. The van der Waals surface area contributed by atoms with Crippen LogP contribution in [0.5, 0.6) is 5.75 Å². The highest BCUT2D eigenvalue weighted by molar-refractivity contribution is 9.10. The fourth-order valence-electron chi connectivity index (χ4n) is 2.31. The van der Waals surface area contributed by atoms with Crippen LogP contribution >= 0.6 is 15.9 Å². The van der Waals surface area contributed by atoms with E-state index >= 15 is 0 Å². The molecule has 3 rings (SSSR count). The van der Waals surface area contributed by atoms with Crippen molar-refractivity contribution in [2.24, 2.45) is 0 Å². The van der Waals surface area contributed by atoms with Crippen molar-refractivity contribution in [3.8, 4) is 5.75 Å². The molecule has 128 valence electrons. The van der Waals surface area contributed by atoms with E-state index in [-0.39, 0.29) is 12.2 Å². The number of hydrogen-bond acceptors (Lipinski definition) is 5. The van der Waals surface area contributed by atoms with Crippen LogP contribution in [0.2, 0.25) is 0 Å². The third-order valence-electron chi connectivity index (χ3n) is 3.57. The van der Waals surface area contributed by atoms with Crippen LogP contribution in [0.3, 0.4) is 0 Å². The van der Waals surface area contributed by atoms with Gasteiger partial charge in [0.2, 0.25) is 0 Å². The summed E-state index contributed by atoms with van der Waals surface area (Å²) in [6, 6.07) is 14.2. The Balaban J connectivity index is 1.79. The Morgan fingerprint density at radius 2 is 1.72 bits per heavy atom. The molecule has 1 aliphatic rings. The number of rotatable bonds is 5. The lowest BCUT2D eigenvalue weighted by molar-refractivity contribution is -0.137. The summed E-state index contributed by atoms with van der Waals surface area (Å²) in [7, 11) is 1.58. The van der Waals surface area contributed by atoms with E-state index in [1.807, 2.05) is 0 Å². The van der Waals surface area contributed by atoms with Crippen LogP contribution in [-0.4, -0.2) is 25.6 Å². The lowest BCUT2D eigenvalue weighted by atomic mass is 10.2. The summed E-state index contributed by atoms with van der Waals surface area (Å²) in [6.07, 6.45) is 0. The summed E-state index contributed by atoms with van der Waals surface area (Å²) in [4.78, 5) is 24.4. The predicted molar refractivity (Wildman–Crippen MR) is 97.4 cm³/mol. The highest BCUT2D eigenvalue weighted by Crippen LogP contribution is 2.23. The van der Waals surface area contributed by atoms with Crippen LogP contribution in [0.4, 0.5) is 11.4 Å². The number of cyclic esters (lactones) is 1. The van der Waals surface area contributed by atoms with Crippen LogP contribution in [-0.2, 0) is 14.3 Å². The number of anilines is 2. The van der Waals surface area contributed by atoms with Gasteiger partial charge in [-0.3, -0.25) is 4.79 Å². The van der Waals surface area contributed by atoms with E-state index in [9.17, 15) is 9.59 Å². The minimum Gasteiger partial charge on any atom is -0.497 e. The molecule has 1 amide bonds. The van der Waals surface area contributed by atoms with E-state index in [0.717, 1.165) is 10.2 Å². The van der Waals surface area contributed by atoms with Crippen LogP contribution in [0, 0.1) is 0 Å². The Morgan fingerprint density at radius 1 is 1.08 bits per heavy atom. The average Bonchev–Trinajstić information content (AvgIpc) is 2.98. The maximum atomic E-state index is 12.5. The minimum atomic E-state index is -0.648. The number of esters is 1. The quantitative estimate of drug-likeness (QED) is 0.592. The average molecular weight is 403 g/mol. The van der Waals surface area contributed by atoms with Gasteiger partial charge in [0.25, 0.3) is 5.91 Å². The molecule has 25 heavy (non-hydrogen) atoms. The number of nitrogens with one attached hydrogen (secondary N) is 2. The molecule has 0 aromatic heterocycles. The fourth-order valence-corrected chi connectivity index (χ4v) is 2.57. The summed E-state index contributed by atoms with van der Waals surface area (Å²) in [5.74, 6) is -0.446. The molecule has 0 unspecified atom stereocenters. The molecule has 0 atom stereocenters. The zero-order valence-electron chi connectivity index (χ0n) is 13.3. The smallest absolute Gasteiger partial charge is 0.346 e. The first-order valence-electron chi connectivity index (χ1n) is 7.45. The van der Waals surface area contributed by atoms with Crippen molar-refractivity contribution in [2.45, 2.75) is 0 Å². The highest BCUT2D eigenvalue weighted by atomic mass is 79.9. The van der Waals surface area contributed by atoms with E-state index in [4.69, 9.17) is 9.47 Å². The second kappa shape index (κ2) is 7.40. The van der Waals surface area contributed by atoms with Gasteiger partial charge in [-0.25, -0.2) is 4.79 Å². The molecule has 0 saturated carbocycles. The van der Waals surface area contributed by atoms with Crippen LogP contribution in [0.25, 0.3) is 0 Å². The molecule has 0 aliphatic carbocycles. The van der Waals surface area contributed by atoms with Crippen LogP contribution < -0.4 is 15.4 Å².